The molecule has 0 fully saturated rings. The molecule has 0 spiro atoms. The SMILES string of the molecule is O=C(NCCCNc1ccccc1)c1ccc(NS(=O)(=O)/C=C/c2ccccc2)cc1. The van der Waals surface area contributed by atoms with Crippen molar-refractivity contribution in [1.82, 2.24) is 5.32 Å². The summed E-state index contributed by atoms with van der Waals surface area (Å²) in [4.78, 5) is 12.3. The molecular formula is C24H25N3O3S. The maximum absolute atomic E-state index is 12.3. The fourth-order valence-electron chi connectivity index (χ4n) is 2.80. The number of hydrogen-bond acceptors (Lipinski definition) is 4. The molecule has 6 nitrogen and oxygen atoms in total. The summed E-state index contributed by atoms with van der Waals surface area (Å²) in [6, 6.07) is 25.4. The Morgan fingerprint density at radius 1 is 0.774 bits per heavy atom. The number of anilines is 2. The molecule has 31 heavy (non-hydrogen) atoms. The van der Waals surface area contributed by atoms with Crippen LogP contribution in [0.1, 0.15) is 22.3 Å². The van der Waals surface area contributed by atoms with Crippen LogP contribution in [0.15, 0.2) is 90.3 Å². The van der Waals surface area contributed by atoms with Crippen molar-refractivity contribution in [2.24, 2.45) is 0 Å². The van der Waals surface area contributed by atoms with Crippen LogP contribution in [-0.2, 0) is 10.0 Å². The van der Waals surface area contributed by atoms with Crippen molar-refractivity contribution < 1.29 is 13.2 Å². The Kier molecular flexibility index (Phi) is 7.84. The number of carbonyl (C=O) groups excluding carboxylic acids is 1. The van der Waals surface area contributed by atoms with E-state index < -0.39 is 10.0 Å². The van der Waals surface area contributed by atoms with Crippen molar-refractivity contribution in [2.75, 3.05) is 23.1 Å². The zero-order valence-electron chi connectivity index (χ0n) is 17.0. The second-order valence-electron chi connectivity index (χ2n) is 6.84. The lowest BCUT2D eigenvalue weighted by Gasteiger charge is -2.09. The molecule has 1 amide bonds. The van der Waals surface area contributed by atoms with Crippen LogP contribution in [0.5, 0.6) is 0 Å². The van der Waals surface area contributed by atoms with Gasteiger partial charge in [0.1, 0.15) is 0 Å². The first-order chi connectivity index (χ1) is 15.0. The first kappa shape index (κ1) is 22.1. The van der Waals surface area contributed by atoms with Crippen molar-refractivity contribution in [3.63, 3.8) is 0 Å². The van der Waals surface area contributed by atoms with Crippen molar-refractivity contribution >= 4 is 33.4 Å². The van der Waals surface area contributed by atoms with Gasteiger partial charge in [-0.05, 0) is 54.5 Å². The minimum absolute atomic E-state index is 0.196. The van der Waals surface area contributed by atoms with Gasteiger partial charge in [0, 0.05) is 30.0 Å². The average molecular weight is 436 g/mol. The maximum atomic E-state index is 12.3. The molecule has 0 heterocycles. The van der Waals surface area contributed by atoms with Crippen molar-refractivity contribution in [1.29, 1.82) is 0 Å². The number of benzene rings is 3. The standard InChI is InChI=1S/C24H25N3O3S/c28-24(26-18-7-17-25-22-10-5-2-6-11-22)21-12-14-23(15-13-21)27-31(29,30)19-16-20-8-3-1-4-9-20/h1-6,8-16,19,25,27H,7,17-18H2,(H,26,28)/b19-16+. The van der Waals surface area contributed by atoms with Crippen LogP contribution in [0.3, 0.4) is 0 Å². The molecule has 160 valence electrons. The zero-order valence-corrected chi connectivity index (χ0v) is 17.8. The Morgan fingerprint density at radius 2 is 1.42 bits per heavy atom. The second-order valence-corrected chi connectivity index (χ2v) is 8.41. The van der Waals surface area contributed by atoms with Crippen LogP contribution in [0.25, 0.3) is 6.08 Å². The molecule has 0 aliphatic carbocycles. The quantitative estimate of drug-likeness (QED) is 0.414. The molecule has 7 heteroatoms. The lowest BCUT2D eigenvalue weighted by Crippen LogP contribution is -2.25. The van der Waals surface area contributed by atoms with E-state index in [0.29, 0.717) is 17.8 Å². The van der Waals surface area contributed by atoms with Gasteiger partial charge in [-0.1, -0.05) is 48.5 Å². The minimum atomic E-state index is -3.65. The smallest absolute Gasteiger partial charge is 0.255 e. The van der Waals surface area contributed by atoms with Gasteiger partial charge in [0.05, 0.1) is 5.41 Å². The van der Waals surface area contributed by atoms with E-state index in [1.54, 1.807) is 24.3 Å². The predicted octanol–water partition coefficient (Wildman–Crippen LogP) is 4.33. The maximum Gasteiger partial charge on any atom is 0.255 e. The third-order valence-corrected chi connectivity index (χ3v) is 5.40. The van der Waals surface area contributed by atoms with Crippen LogP contribution < -0.4 is 15.4 Å². The first-order valence-corrected chi connectivity index (χ1v) is 11.5. The monoisotopic (exact) mass is 435 g/mol. The summed E-state index contributed by atoms with van der Waals surface area (Å²) >= 11 is 0. The molecule has 0 atom stereocenters. The number of nitrogens with one attached hydrogen (secondary N) is 3. The highest BCUT2D eigenvalue weighted by molar-refractivity contribution is 7.95. The van der Waals surface area contributed by atoms with Crippen molar-refractivity contribution in [3.8, 4) is 0 Å². The first-order valence-electron chi connectivity index (χ1n) is 9.95. The van der Waals surface area contributed by atoms with Gasteiger partial charge in [0.25, 0.3) is 15.9 Å². The Bertz CT molecular complexity index is 1100. The van der Waals surface area contributed by atoms with Gasteiger partial charge in [-0.3, -0.25) is 9.52 Å². The number of hydrogen-bond donors (Lipinski definition) is 3. The predicted molar refractivity (Wildman–Crippen MR) is 126 cm³/mol. The number of para-hydroxylation sites is 1. The van der Waals surface area contributed by atoms with E-state index in [2.05, 4.69) is 15.4 Å². The van der Waals surface area contributed by atoms with Crippen LogP contribution >= 0.6 is 0 Å². The molecule has 3 aromatic rings. The Hall–Kier alpha value is -3.58. The fourth-order valence-corrected chi connectivity index (χ4v) is 3.67. The fraction of sp³-hybridized carbons (Fsp3) is 0.125. The van der Waals surface area contributed by atoms with E-state index in [-0.39, 0.29) is 5.91 Å². The van der Waals surface area contributed by atoms with Crippen molar-refractivity contribution in [2.45, 2.75) is 6.42 Å². The van der Waals surface area contributed by atoms with Crippen molar-refractivity contribution in [3.05, 3.63) is 101 Å². The Labute approximate surface area is 183 Å². The summed E-state index contributed by atoms with van der Waals surface area (Å²) in [5, 5.41) is 7.27. The lowest BCUT2D eigenvalue weighted by atomic mass is 10.2. The summed E-state index contributed by atoms with van der Waals surface area (Å²) in [6.07, 6.45) is 2.31. The summed E-state index contributed by atoms with van der Waals surface area (Å²) in [7, 11) is -3.65. The van der Waals surface area contributed by atoms with Gasteiger partial charge in [-0.25, -0.2) is 8.42 Å². The zero-order chi connectivity index (χ0) is 21.9. The number of carbonyl (C=O) groups is 1. The molecule has 3 aromatic carbocycles. The molecule has 3 N–H and O–H groups in total. The second kappa shape index (κ2) is 11.0. The molecule has 0 radical (unpaired) electrons. The Balaban J connectivity index is 1.44. The third-order valence-electron chi connectivity index (χ3n) is 4.39. The highest BCUT2D eigenvalue weighted by Gasteiger charge is 2.08. The van der Waals surface area contributed by atoms with E-state index in [1.807, 2.05) is 60.7 Å². The number of amides is 1. The normalized spacial score (nSPS) is 11.2. The van der Waals surface area contributed by atoms with Crippen LogP contribution in [0.4, 0.5) is 11.4 Å². The summed E-state index contributed by atoms with van der Waals surface area (Å²) < 4.78 is 26.9. The van der Waals surface area contributed by atoms with E-state index in [1.165, 1.54) is 6.08 Å². The number of rotatable bonds is 10. The summed E-state index contributed by atoms with van der Waals surface area (Å²) in [5.41, 5.74) is 2.70. The minimum Gasteiger partial charge on any atom is -0.385 e. The highest BCUT2D eigenvalue weighted by Crippen LogP contribution is 2.13. The van der Waals surface area contributed by atoms with Crippen LogP contribution in [0, 0.1) is 0 Å². The van der Waals surface area contributed by atoms with Gasteiger partial charge in [-0.2, -0.15) is 0 Å². The molecule has 0 unspecified atom stereocenters. The molecular weight excluding hydrogens is 410 g/mol. The summed E-state index contributed by atoms with van der Waals surface area (Å²) in [6.45, 7) is 1.29. The third kappa shape index (κ3) is 7.64. The van der Waals surface area contributed by atoms with E-state index in [4.69, 9.17) is 0 Å². The van der Waals surface area contributed by atoms with Crippen LogP contribution in [-0.4, -0.2) is 27.4 Å². The van der Waals surface area contributed by atoms with E-state index in [9.17, 15) is 13.2 Å². The van der Waals surface area contributed by atoms with Gasteiger partial charge in [-0.15, -0.1) is 0 Å². The molecule has 0 aliphatic rings. The molecule has 0 aliphatic heterocycles. The van der Waals surface area contributed by atoms with Gasteiger partial charge < -0.3 is 10.6 Å². The Morgan fingerprint density at radius 3 is 2.10 bits per heavy atom. The molecule has 0 saturated carbocycles. The molecule has 0 aromatic heterocycles. The molecule has 0 bridgehead atoms. The average Bonchev–Trinajstić information content (AvgIpc) is 2.79. The molecule has 0 saturated heterocycles. The van der Waals surface area contributed by atoms with E-state index >= 15 is 0 Å². The van der Waals surface area contributed by atoms with Gasteiger partial charge >= 0.3 is 0 Å². The van der Waals surface area contributed by atoms with Gasteiger partial charge in [0.15, 0.2) is 0 Å². The van der Waals surface area contributed by atoms with Crippen LogP contribution in [0.2, 0.25) is 0 Å². The highest BCUT2D eigenvalue weighted by atomic mass is 32.2. The van der Waals surface area contributed by atoms with E-state index in [0.717, 1.165) is 29.6 Å². The summed E-state index contributed by atoms with van der Waals surface area (Å²) in [5.74, 6) is -0.196. The van der Waals surface area contributed by atoms with Gasteiger partial charge in [0.2, 0.25) is 0 Å². The lowest BCUT2D eigenvalue weighted by molar-refractivity contribution is 0.0953. The largest absolute Gasteiger partial charge is 0.385 e. The topological polar surface area (TPSA) is 87.3 Å². The molecule has 3 rings (SSSR count). The number of sulfonamides is 1.